The largest absolute Gasteiger partial charge is 0.206 e. The molecule has 2 aliphatic carbocycles. The van der Waals surface area contributed by atoms with E-state index in [1.807, 2.05) is 6.07 Å². The van der Waals surface area contributed by atoms with Crippen LogP contribution in [-0.4, -0.2) is 5.75 Å². The van der Waals surface area contributed by atoms with Crippen LogP contribution in [0.3, 0.4) is 0 Å². The molecule has 0 amide bonds. The van der Waals surface area contributed by atoms with Crippen molar-refractivity contribution in [2.24, 2.45) is 0 Å². The first kappa shape index (κ1) is 19.1. The summed E-state index contributed by atoms with van der Waals surface area (Å²) in [6.45, 7) is 0. The Morgan fingerprint density at radius 2 is 1.55 bits per heavy atom. The average Bonchev–Trinajstić information content (AvgIpc) is 3.32. The maximum atomic E-state index is 14.8. The zero-order chi connectivity index (χ0) is 20.9. The standard InChI is InChI=1S/C28H22F2S/c29-24-7-3-8-25(30)28(24)23-15-13-21-20-11-10-17-5-1-2-6-18(17)19(20)12-14-22(21)27(23)26-9-4-16-31-26/h2-3,6-9,12-15H,1,4-5,10-11,16H2. The van der Waals surface area contributed by atoms with Crippen LogP contribution in [0.25, 0.3) is 32.4 Å². The minimum Gasteiger partial charge on any atom is -0.206 e. The number of fused-ring (bicyclic) bond motifs is 4. The predicted molar refractivity (Wildman–Crippen MR) is 128 cm³/mol. The van der Waals surface area contributed by atoms with E-state index in [1.165, 1.54) is 40.3 Å². The van der Waals surface area contributed by atoms with E-state index >= 15 is 0 Å². The summed E-state index contributed by atoms with van der Waals surface area (Å²) in [5, 5.41) is 2.32. The zero-order valence-corrected chi connectivity index (χ0v) is 18.0. The SMILES string of the molecule is Fc1cccc(F)c1-c1ccc2c3c(ccc2c1C1=CCCS1)C1=C(CCC=C1)CC3. The Bertz CT molecular complexity index is 1310. The molecule has 0 saturated carbocycles. The summed E-state index contributed by atoms with van der Waals surface area (Å²) in [6, 6.07) is 12.5. The first-order valence-electron chi connectivity index (χ1n) is 11.0. The number of thioether (sulfide) groups is 1. The third-order valence-corrected chi connectivity index (χ3v) is 7.86. The second-order valence-electron chi connectivity index (χ2n) is 8.44. The van der Waals surface area contributed by atoms with Gasteiger partial charge in [0.2, 0.25) is 0 Å². The van der Waals surface area contributed by atoms with Crippen LogP contribution in [-0.2, 0) is 6.42 Å². The van der Waals surface area contributed by atoms with Crippen LogP contribution in [0.5, 0.6) is 0 Å². The van der Waals surface area contributed by atoms with Gasteiger partial charge in [-0.1, -0.05) is 54.1 Å². The number of hydrogen-bond donors (Lipinski definition) is 0. The van der Waals surface area contributed by atoms with Crippen molar-refractivity contribution in [1.29, 1.82) is 0 Å². The first-order valence-corrected chi connectivity index (χ1v) is 12.0. The molecular weight excluding hydrogens is 406 g/mol. The summed E-state index contributed by atoms with van der Waals surface area (Å²) < 4.78 is 29.6. The van der Waals surface area contributed by atoms with Crippen LogP contribution in [0.4, 0.5) is 8.78 Å². The lowest BCUT2D eigenvalue weighted by molar-refractivity contribution is 0.589. The van der Waals surface area contributed by atoms with E-state index in [-0.39, 0.29) is 5.56 Å². The molecule has 3 aromatic carbocycles. The van der Waals surface area contributed by atoms with Crippen molar-refractivity contribution in [2.45, 2.75) is 32.1 Å². The molecule has 0 saturated heterocycles. The number of aryl methyl sites for hydroxylation is 1. The number of hydrogen-bond acceptors (Lipinski definition) is 1. The number of halogens is 2. The van der Waals surface area contributed by atoms with E-state index in [0.29, 0.717) is 5.56 Å². The molecule has 0 radical (unpaired) electrons. The van der Waals surface area contributed by atoms with E-state index in [1.54, 1.807) is 17.3 Å². The van der Waals surface area contributed by atoms with Gasteiger partial charge >= 0.3 is 0 Å². The number of allylic oxidation sites excluding steroid dienone is 5. The highest BCUT2D eigenvalue weighted by molar-refractivity contribution is 8.08. The lowest BCUT2D eigenvalue weighted by Gasteiger charge is -2.26. The molecule has 0 unspecified atom stereocenters. The molecule has 31 heavy (non-hydrogen) atoms. The van der Waals surface area contributed by atoms with Crippen LogP contribution in [0, 0.1) is 11.6 Å². The molecule has 3 aromatic rings. The average molecular weight is 429 g/mol. The van der Waals surface area contributed by atoms with Gasteiger partial charge in [0.15, 0.2) is 0 Å². The molecule has 0 aromatic heterocycles. The molecule has 0 N–H and O–H groups in total. The Balaban J connectivity index is 1.65. The molecule has 6 rings (SSSR count). The normalized spacial score (nSPS) is 17.7. The monoisotopic (exact) mass is 428 g/mol. The minimum absolute atomic E-state index is 0.0747. The maximum Gasteiger partial charge on any atom is 0.133 e. The predicted octanol–water partition coefficient (Wildman–Crippen LogP) is 8.31. The highest BCUT2D eigenvalue weighted by atomic mass is 32.2. The quantitative estimate of drug-likeness (QED) is 0.395. The number of rotatable bonds is 2. The molecule has 3 heteroatoms. The van der Waals surface area contributed by atoms with Crippen molar-refractivity contribution in [3.63, 3.8) is 0 Å². The Hall–Kier alpha value is -2.65. The molecular formula is C28H22F2S. The molecule has 154 valence electrons. The van der Waals surface area contributed by atoms with E-state index < -0.39 is 11.6 Å². The fourth-order valence-corrected chi connectivity index (χ4v) is 6.39. The number of benzene rings is 3. The van der Waals surface area contributed by atoms with Crippen molar-refractivity contribution in [3.05, 3.63) is 94.6 Å². The summed E-state index contributed by atoms with van der Waals surface area (Å²) in [6.07, 6.45) is 12.2. The maximum absolute atomic E-state index is 14.8. The smallest absolute Gasteiger partial charge is 0.133 e. The molecule has 3 aliphatic rings. The van der Waals surface area contributed by atoms with Gasteiger partial charge in [-0.15, -0.1) is 11.8 Å². The molecule has 0 atom stereocenters. The van der Waals surface area contributed by atoms with Crippen LogP contribution in [0.15, 0.2) is 66.3 Å². The summed E-state index contributed by atoms with van der Waals surface area (Å²) in [4.78, 5) is 1.14. The van der Waals surface area contributed by atoms with Gasteiger partial charge in [-0.25, -0.2) is 8.78 Å². The molecule has 1 heterocycles. The Labute approximate surface area is 185 Å². The van der Waals surface area contributed by atoms with Gasteiger partial charge in [-0.3, -0.25) is 0 Å². The molecule has 0 fully saturated rings. The lowest BCUT2D eigenvalue weighted by atomic mass is 9.78. The second kappa shape index (κ2) is 7.49. The zero-order valence-electron chi connectivity index (χ0n) is 17.2. The lowest BCUT2D eigenvalue weighted by Crippen LogP contribution is -2.07. The summed E-state index contributed by atoms with van der Waals surface area (Å²) in [7, 11) is 0. The van der Waals surface area contributed by atoms with Crippen LogP contribution < -0.4 is 0 Å². The van der Waals surface area contributed by atoms with E-state index in [9.17, 15) is 8.78 Å². The summed E-state index contributed by atoms with van der Waals surface area (Å²) in [5.74, 6) is -0.00901. The van der Waals surface area contributed by atoms with E-state index in [0.717, 1.165) is 53.7 Å². The molecule has 0 spiro atoms. The van der Waals surface area contributed by atoms with Crippen molar-refractivity contribution >= 4 is 33.0 Å². The van der Waals surface area contributed by atoms with Gasteiger partial charge in [0.05, 0.1) is 5.56 Å². The molecule has 1 aliphatic heterocycles. The van der Waals surface area contributed by atoms with Crippen LogP contribution >= 0.6 is 11.8 Å². The molecule has 0 nitrogen and oxygen atoms in total. The van der Waals surface area contributed by atoms with Crippen molar-refractivity contribution < 1.29 is 8.78 Å². The van der Waals surface area contributed by atoms with Gasteiger partial charge in [-0.2, -0.15) is 0 Å². The van der Waals surface area contributed by atoms with Gasteiger partial charge in [0, 0.05) is 16.2 Å². The highest BCUT2D eigenvalue weighted by Crippen LogP contribution is 2.47. The first-order chi connectivity index (χ1) is 15.2. The fourth-order valence-electron chi connectivity index (χ4n) is 5.34. The van der Waals surface area contributed by atoms with E-state index in [2.05, 4.69) is 36.4 Å². The Morgan fingerprint density at radius 3 is 2.35 bits per heavy atom. The van der Waals surface area contributed by atoms with Crippen molar-refractivity contribution in [3.8, 4) is 11.1 Å². The second-order valence-corrected chi connectivity index (χ2v) is 9.57. The van der Waals surface area contributed by atoms with Gasteiger partial charge in [0.25, 0.3) is 0 Å². The third kappa shape index (κ3) is 3.02. The highest BCUT2D eigenvalue weighted by Gasteiger charge is 2.25. The Morgan fingerprint density at radius 1 is 0.742 bits per heavy atom. The summed E-state index contributed by atoms with van der Waals surface area (Å²) >= 11 is 1.78. The topological polar surface area (TPSA) is 0 Å². The van der Waals surface area contributed by atoms with Crippen molar-refractivity contribution in [1.82, 2.24) is 0 Å². The van der Waals surface area contributed by atoms with Gasteiger partial charge in [-0.05, 0) is 77.3 Å². The van der Waals surface area contributed by atoms with E-state index in [4.69, 9.17) is 0 Å². The van der Waals surface area contributed by atoms with Crippen LogP contribution in [0.2, 0.25) is 0 Å². The minimum atomic E-state index is -0.510. The van der Waals surface area contributed by atoms with Gasteiger partial charge < -0.3 is 0 Å². The fraction of sp³-hybridized carbons (Fsp3) is 0.214. The van der Waals surface area contributed by atoms with Crippen LogP contribution in [0.1, 0.15) is 42.4 Å². The third-order valence-electron chi connectivity index (χ3n) is 6.74. The van der Waals surface area contributed by atoms with Crippen molar-refractivity contribution in [2.75, 3.05) is 5.75 Å². The molecule has 0 bridgehead atoms. The Kier molecular flexibility index (Phi) is 4.61. The van der Waals surface area contributed by atoms with Gasteiger partial charge in [0.1, 0.15) is 11.6 Å². The summed E-state index contributed by atoms with van der Waals surface area (Å²) in [5.41, 5.74) is 7.35.